The van der Waals surface area contributed by atoms with Crippen LogP contribution in [0.5, 0.6) is 0 Å². The molecule has 0 radical (unpaired) electrons. The zero-order valence-corrected chi connectivity index (χ0v) is 11.5. The van der Waals surface area contributed by atoms with Gasteiger partial charge in [-0.05, 0) is 61.0 Å². The third-order valence-electron chi connectivity index (χ3n) is 5.58. The van der Waals surface area contributed by atoms with E-state index >= 15 is 0 Å². The van der Waals surface area contributed by atoms with Crippen molar-refractivity contribution < 1.29 is 4.74 Å². The topological polar surface area (TPSA) is 9.23 Å². The zero-order valence-electron chi connectivity index (χ0n) is 11.5. The summed E-state index contributed by atoms with van der Waals surface area (Å²) in [6.45, 7) is 5.16. The van der Waals surface area contributed by atoms with Crippen LogP contribution in [-0.4, -0.2) is 5.60 Å². The average Bonchev–Trinajstić information content (AvgIpc) is 2.43. The lowest BCUT2D eigenvalue weighted by atomic mass is 9.52. The van der Waals surface area contributed by atoms with E-state index in [1.165, 1.54) is 43.2 Å². The van der Waals surface area contributed by atoms with Gasteiger partial charge in [0.25, 0.3) is 0 Å². The molecule has 4 fully saturated rings. The maximum atomic E-state index is 6.44. The maximum Gasteiger partial charge on any atom is 0.0901 e. The molecule has 2 unspecified atom stereocenters. The summed E-state index contributed by atoms with van der Waals surface area (Å²) in [5.74, 6) is 2.56. The Morgan fingerprint density at radius 2 is 1.74 bits per heavy atom. The molecule has 0 N–H and O–H groups in total. The van der Waals surface area contributed by atoms with Gasteiger partial charge in [0, 0.05) is 0 Å². The molecule has 0 aliphatic heterocycles. The van der Waals surface area contributed by atoms with Crippen LogP contribution in [0, 0.1) is 17.8 Å². The molecule has 4 saturated carbocycles. The fourth-order valence-electron chi connectivity index (χ4n) is 4.84. The van der Waals surface area contributed by atoms with Crippen molar-refractivity contribution in [3.63, 3.8) is 0 Å². The van der Waals surface area contributed by atoms with Crippen LogP contribution in [0.3, 0.4) is 0 Å². The lowest BCUT2D eigenvalue weighted by Crippen LogP contribution is -2.53. The van der Waals surface area contributed by atoms with Crippen LogP contribution in [0.1, 0.15) is 37.7 Å². The highest BCUT2D eigenvalue weighted by Crippen LogP contribution is 2.59. The Kier molecular flexibility index (Phi) is 2.60. The highest BCUT2D eigenvalue weighted by molar-refractivity contribution is 5.27. The number of ether oxygens (including phenoxy) is 1. The highest BCUT2D eigenvalue weighted by atomic mass is 16.5. The quantitative estimate of drug-likeness (QED) is 0.729. The molecule has 1 heteroatoms. The second-order valence-electron chi connectivity index (χ2n) is 6.84. The summed E-state index contributed by atoms with van der Waals surface area (Å²) < 4.78 is 6.44. The monoisotopic (exact) mass is 254 g/mol. The molecule has 2 atom stereocenters. The predicted octanol–water partition coefficient (Wildman–Crippen LogP) is 4.34. The Labute approximate surface area is 115 Å². The minimum absolute atomic E-state index is 0.0184. The Hall–Kier alpha value is -1.08. The fraction of sp³-hybridized carbons (Fsp3) is 0.556. The van der Waals surface area contributed by atoms with Crippen molar-refractivity contribution in [2.24, 2.45) is 17.8 Å². The largest absolute Gasteiger partial charge is 0.366 e. The van der Waals surface area contributed by atoms with Crippen molar-refractivity contribution in [2.75, 3.05) is 0 Å². The summed E-state index contributed by atoms with van der Waals surface area (Å²) in [6.07, 6.45) is 6.66. The van der Waals surface area contributed by atoms with E-state index in [1.54, 1.807) is 0 Å². The third-order valence-corrected chi connectivity index (χ3v) is 5.58. The molecule has 1 aromatic carbocycles. The highest BCUT2D eigenvalue weighted by Gasteiger charge is 2.54. The van der Waals surface area contributed by atoms with E-state index in [2.05, 4.69) is 36.9 Å². The molecular weight excluding hydrogens is 232 g/mol. The second-order valence-corrected chi connectivity index (χ2v) is 6.84. The molecule has 5 rings (SSSR count). The van der Waals surface area contributed by atoms with E-state index in [1.807, 2.05) is 0 Å². The van der Waals surface area contributed by atoms with Gasteiger partial charge in [-0.1, -0.05) is 36.9 Å². The first-order valence-electron chi connectivity index (χ1n) is 7.62. The fourth-order valence-corrected chi connectivity index (χ4v) is 4.84. The van der Waals surface area contributed by atoms with Crippen molar-refractivity contribution in [3.8, 4) is 0 Å². The van der Waals surface area contributed by atoms with Gasteiger partial charge in [0.1, 0.15) is 0 Å². The standard InChI is InChI=1S/C18H22O/c1-13-17-8-15-7-16(9-17)11-18(13,10-15)19-12-14-5-3-2-4-6-14/h2-6,15-17H,1,7-12H2. The van der Waals surface area contributed by atoms with Gasteiger partial charge in [-0.3, -0.25) is 0 Å². The molecule has 0 spiro atoms. The molecule has 0 saturated heterocycles. The third kappa shape index (κ3) is 1.87. The van der Waals surface area contributed by atoms with Crippen LogP contribution in [0.15, 0.2) is 42.5 Å². The van der Waals surface area contributed by atoms with Crippen LogP contribution >= 0.6 is 0 Å². The van der Waals surface area contributed by atoms with E-state index in [9.17, 15) is 0 Å². The molecule has 0 heterocycles. The van der Waals surface area contributed by atoms with E-state index in [4.69, 9.17) is 4.74 Å². The second kappa shape index (κ2) is 4.21. The summed E-state index contributed by atoms with van der Waals surface area (Å²) in [6, 6.07) is 10.6. The van der Waals surface area contributed by atoms with Gasteiger partial charge < -0.3 is 4.74 Å². The Morgan fingerprint density at radius 1 is 1.05 bits per heavy atom. The summed E-state index contributed by atoms with van der Waals surface area (Å²) in [7, 11) is 0. The van der Waals surface area contributed by atoms with Crippen LogP contribution in [0.2, 0.25) is 0 Å². The normalized spacial score (nSPS) is 39.8. The van der Waals surface area contributed by atoms with Crippen molar-refractivity contribution >= 4 is 0 Å². The lowest BCUT2D eigenvalue weighted by molar-refractivity contribution is -0.127. The molecule has 4 bridgehead atoms. The maximum absolute atomic E-state index is 6.44. The molecule has 4 aliphatic rings. The van der Waals surface area contributed by atoms with Gasteiger partial charge in [0.15, 0.2) is 0 Å². The minimum Gasteiger partial charge on any atom is -0.366 e. The van der Waals surface area contributed by atoms with Crippen molar-refractivity contribution in [1.29, 1.82) is 0 Å². The average molecular weight is 254 g/mol. The summed E-state index contributed by atoms with van der Waals surface area (Å²) in [5, 5.41) is 0. The van der Waals surface area contributed by atoms with Gasteiger partial charge in [-0.2, -0.15) is 0 Å². The molecule has 1 nitrogen and oxygen atoms in total. The summed E-state index contributed by atoms with van der Waals surface area (Å²) >= 11 is 0. The molecule has 1 aromatic rings. The first-order valence-corrected chi connectivity index (χ1v) is 7.62. The number of hydrogen-bond donors (Lipinski definition) is 0. The van der Waals surface area contributed by atoms with Crippen LogP contribution in [-0.2, 0) is 11.3 Å². The van der Waals surface area contributed by atoms with E-state index in [0.29, 0.717) is 0 Å². The van der Waals surface area contributed by atoms with Gasteiger partial charge in [-0.25, -0.2) is 0 Å². The Balaban J connectivity index is 1.54. The lowest BCUT2D eigenvalue weighted by Gasteiger charge is -2.57. The van der Waals surface area contributed by atoms with E-state index in [-0.39, 0.29) is 5.60 Å². The van der Waals surface area contributed by atoms with Gasteiger partial charge in [0.05, 0.1) is 12.2 Å². The van der Waals surface area contributed by atoms with Crippen LogP contribution < -0.4 is 0 Å². The molecule has 100 valence electrons. The molecular formula is C18H22O. The first-order chi connectivity index (χ1) is 9.25. The Morgan fingerprint density at radius 3 is 2.42 bits per heavy atom. The number of benzene rings is 1. The first kappa shape index (κ1) is 11.7. The molecule has 0 aromatic heterocycles. The van der Waals surface area contributed by atoms with E-state index in [0.717, 1.165) is 24.4 Å². The molecule has 19 heavy (non-hydrogen) atoms. The van der Waals surface area contributed by atoms with Crippen molar-refractivity contribution in [1.82, 2.24) is 0 Å². The number of rotatable bonds is 3. The minimum atomic E-state index is 0.0184. The molecule has 4 aliphatic carbocycles. The predicted molar refractivity (Wildman–Crippen MR) is 76.7 cm³/mol. The van der Waals surface area contributed by atoms with Crippen LogP contribution in [0.25, 0.3) is 0 Å². The van der Waals surface area contributed by atoms with Gasteiger partial charge in [0.2, 0.25) is 0 Å². The Bertz CT molecular complexity index is 476. The van der Waals surface area contributed by atoms with Gasteiger partial charge >= 0.3 is 0 Å². The zero-order chi connectivity index (χ0) is 12.9. The summed E-state index contributed by atoms with van der Waals surface area (Å²) in [4.78, 5) is 0. The SMILES string of the molecule is C=C1C2CC3CC(C2)CC1(OCc1ccccc1)C3. The molecule has 0 amide bonds. The van der Waals surface area contributed by atoms with E-state index < -0.39 is 0 Å². The van der Waals surface area contributed by atoms with Crippen molar-refractivity contribution in [3.05, 3.63) is 48.0 Å². The van der Waals surface area contributed by atoms with Crippen molar-refractivity contribution in [2.45, 2.75) is 44.3 Å². The van der Waals surface area contributed by atoms with Crippen LogP contribution in [0.4, 0.5) is 0 Å². The number of hydrogen-bond acceptors (Lipinski definition) is 1. The van der Waals surface area contributed by atoms with Gasteiger partial charge in [-0.15, -0.1) is 0 Å². The summed E-state index contributed by atoms with van der Waals surface area (Å²) in [5.41, 5.74) is 2.71. The smallest absolute Gasteiger partial charge is 0.0901 e.